The lowest BCUT2D eigenvalue weighted by molar-refractivity contribution is 0.669. The summed E-state index contributed by atoms with van der Waals surface area (Å²) in [4.78, 5) is 2.47. The highest BCUT2D eigenvalue weighted by Gasteiger charge is 2.27. The largest absolute Gasteiger partial charge is 0.454 e. The second-order valence-corrected chi connectivity index (χ2v) is 15.6. The van der Waals surface area contributed by atoms with Crippen molar-refractivity contribution < 1.29 is 4.42 Å². The van der Waals surface area contributed by atoms with Gasteiger partial charge in [0.15, 0.2) is 5.58 Å². The van der Waals surface area contributed by atoms with Crippen molar-refractivity contribution in [1.29, 1.82) is 0 Å². The van der Waals surface area contributed by atoms with E-state index in [1.54, 1.807) is 0 Å². The van der Waals surface area contributed by atoms with Gasteiger partial charge in [0.05, 0.1) is 11.4 Å². The Morgan fingerprint density at radius 2 is 0.982 bits per heavy atom. The van der Waals surface area contributed by atoms with E-state index in [1.807, 2.05) is 0 Å². The zero-order valence-electron chi connectivity index (χ0n) is 30.9. The van der Waals surface area contributed by atoms with E-state index in [4.69, 9.17) is 4.42 Å². The van der Waals surface area contributed by atoms with Crippen molar-refractivity contribution in [2.24, 2.45) is 0 Å². The Hall–Kier alpha value is -6.90. The predicted octanol–water partition coefficient (Wildman–Crippen LogP) is 15.2. The highest BCUT2D eigenvalue weighted by molar-refractivity contribution is 6.14. The Morgan fingerprint density at radius 3 is 1.73 bits per heavy atom. The number of furan rings is 1. The van der Waals surface area contributed by atoms with E-state index in [2.05, 4.69) is 181 Å². The van der Waals surface area contributed by atoms with E-state index < -0.39 is 0 Å². The number of rotatable bonds is 5. The minimum Gasteiger partial charge on any atom is -0.454 e. The topological polar surface area (TPSA) is 16.4 Å². The molecule has 0 atom stereocenters. The summed E-state index contributed by atoms with van der Waals surface area (Å²) in [6.45, 7) is 0. The molecule has 0 spiro atoms. The van der Waals surface area contributed by atoms with Crippen molar-refractivity contribution in [1.82, 2.24) is 0 Å². The molecule has 0 fully saturated rings. The molecular weight excluding hydrogens is 679 g/mol. The first kappa shape index (κ1) is 31.5. The number of para-hydroxylation sites is 2. The van der Waals surface area contributed by atoms with Crippen LogP contribution >= 0.6 is 0 Å². The van der Waals surface area contributed by atoms with Crippen molar-refractivity contribution >= 4 is 60.5 Å². The van der Waals surface area contributed by atoms with Crippen molar-refractivity contribution in [2.45, 2.75) is 25.7 Å². The molecule has 264 valence electrons. The number of aryl methyl sites for hydroxylation is 2. The molecule has 10 aromatic rings. The van der Waals surface area contributed by atoms with Crippen LogP contribution in [0.4, 0.5) is 17.1 Å². The molecule has 0 saturated carbocycles. The summed E-state index contributed by atoms with van der Waals surface area (Å²) in [6, 6.07) is 64.9. The van der Waals surface area contributed by atoms with Crippen LogP contribution in [0.15, 0.2) is 180 Å². The fraction of sp³-hybridized carbons (Fsp3) is 0.0741. The molecule has 1 heterocycles. The summed E-state index contributed by atoms with van der Waals surface area (Å²) in [6.07, 6.45) is 4.69. The second kappa shape index (κ2) is 12.3. The van der Waals surface area contributed by atoms with Gasteiger partial charge in [-0.2, -0.15) is 0 Å². The molecule has 1 aromatic heterocycles. The smallest absolute Gasteiger partial charge is 0.159 e. The molecule has 0 amide bonds. The number of hydrogen-bond acceptors (Lipinski definition) is 2. The van der Waals surface area contributed by atoms with Gasteiger partial charge >= 0.3 is 0 Å². The van der Waals surface area contributed by atoms with Gasteiger partial charge in [0.1, 0.15) is 5.58 Å². The van der Waals surface area contributed by atoms with Gasteiger partial charge in [0, 0.05) is 22.0 Å². The molecule has 2 nitrogen and oxygen atoms in total. The average Bonchev–Trinajstić information content (AvgIpc) is 3.65. The number of hydrogen-bond donors (Lipinski definition) is 0. The van der Waals surface area contributed by atoms with Crippen LogP contribution in [0.3, 0.4) is 0 Å². The summed E-state index contributed by atoms with van der Waals surface area (Å²) in [5.74, 6) is 0. The van der Waals surface area contributed by atoms with Gasteiger partial charge in [-0.1, -0.05) is 109 Å². The predicted molar refractivity (Wildman–Crippen MR) is 235 cm³/mol. The van der Waals surface area contributed by atoms with Gasteiger partial charge in [0.2, 0.25) is 0 Å². The molecule has 2 aliphatic rings. The quantitative estimate of drug-likeness (QED) is 0.176. The van der Waals surface area contributed by atoms with Crippen LogP contribution in [0.5, 0.6) is 0 Å². The fourth-order valence-corrected chi connectivity index (χ4v) is 9.48. The van der Waals surface area contributed by atoms with Gasteiger partial charge in [-0.05, 0) is 164 Å². The van der Waals surface area contributed by atoms with E-state index >= 15 is 0 Å². The van der Waals surface area contributed by atoms with E-state index in [0.29, 0.717) is 0 Å². The summed E-state index contributed by atoms with van der Waals surface area (Å²) in [7, 11) is 0. The third-order valence-electron chi connectivity index (χ3n) is 12.3. The maximum atomic E-state index is 6.77. The number of nitrogens with zero attached hydrogens (tertiary/aromatic N) is 1. The number of anilines is 3. The van der Waals surface area contributed by atoms with Crippen molar-refractivity contribution in [2.75, 3.05) is 4.90 Å². The maximum absolute atomic E-state index is 6.77. The van der Waals surface area contributed by atoms with E-state index in [1.165, 1.54) is 95.7 Å². The maximum Gasteiger partial charge on any atom is 0.159 e. The van der Waals surface area contributed by atoms with Crippen LogP contribution in [0.2, 0.25) is 0 Å². The number of benzene rings is 9. The van der Waals surface area contributed by atoms with Crippen LogP contribution in [-0.2, 0) is 12.8 Å². The minimum atomic E-state index is 0.901. The third-order valence-corrected chi connectivity index (χ3v) is 12.3. The lowest BCUT2D eigenvalue weighted by atomic mass is 9.77. The monoisotopic (exact) mass is 715 g/mol. The Balaban J connectivity index is 1.06. The van der Waals surface area contributed by atoms with Crippen LogP contribution in [-0.4, -0.2) is 0 Å². The Morgan fingerprint density at radius 1 is 0.375 bits per heavy atom. The second-order valence-electron chi connectivity index (χ2n) is 15.6. The van der Waals surface area contributed by atoms with Crippen molar-refractivity contribution in [3.63, 3.8) is 0 Å². The third kappa shape index (κ3) is 4.89. The normalized spacial score (nSPS) is 13.1. The standard InChI is InChI=1S/C54H37NO/c1-3-12-34(13-4-1)38-22-23-39-29-47-48-30-40-24-25-43(27-42(40)32-50(48)49(47)31-41(39)26-38)55(51-20-11-19-45-44-18-9-10-21-53(44)56-54(45)51)52-33-37-17-8-7-16-36(37)28-46(52)35-14-5-2-6-15-35/h1-6,9-15,18-33H,7-8,16-17H2. The molecule has 0 aliphatic heterocycles. The minimum absolute atomic E-state index is 0.901. The zero-order chi connectivity index (χ0) is 36.7. The van der Waals surface area contributed by atoms with E-state index in [0.717, 1.165) is 46.2 Å². The molecule has 2 aliphatic carbocycles. The fourth-order valence-electron chi connectivity index (χ4n) is 9.48. The summed E-state index contributed by atoms with van der Waals surface area (Å²) in [5, 5.41) is 7.29. The van der Waals surface area contributed by atoms with Crippen LogP contribution in [0.25, 0.3) is 88.0 Å². The Bertz CT molecular complexity index is 3190. The van der Waals surface area contributed by atoms with Gasteiger partial charge in [0.25, 0.3) is 0 Å². The van der Waals surface area contributed by atoms with Gasteiger partial charge in [-0.25, -0.2) is 0 Å². The van der Waals surface area contributed by atoms with Crippen molar-refractivity contribution in [3.8, 4) is 44.5 Å². The van der Waals surface area contributed by atoms with Gasteiger partial charge < -0.3 is 9.32 Å². The molecule has 12 rings (SSSR count). The molecule has 0 unspecified atom stereocenters. The van der Waals surface area contributed by atoms with Crippen LogP contribution in [0.1, 0.15) is 24.0 Å². The van der Waals surface area contributed by atoms with Crippen molar-refractivity contribution in [3.05, 3.63) is 187 Å². The molecule has 56 heavy (non-hydrogen) atoms. The molecule has 0 N–H and O–H groups in total. The molecule has 2 heteroatoms. The average molecular weight is 716 g/mol. The first-order valence-corrected chi connectivity index (χ1v) is 19.9. The lowest BCUT2D eigenvalue weighted by Gasteiger charge is -2.31. The first-order valence-electron chi connectivity index (χ1n) is 19.9. The summed E-state index contributed by atoms with van der Waals surface area (Å²) < 4.78 is 6.77. The molecule has 0 radical (unpaired) electrons. The van der Waals surface area contributed by atoms with Gasteiger partial charge in [-0.3, -0.25) is 0 Å². The lowest BCUT2D eigenvalue weighted by Crippen LogP contribution is -2.14. The Kier molecular flexibility index (Phi) is 6.91. The Labute approximate surface area is 325 Å². The molecular formula is C54H37NO. The highest BCUT2D eigenvalue weighted by Crippen LogP contribution is 2.52. The van der Waals surface area contributed by atoms with Crippen LogP contribution in [0, 0.1) is 0 Å². The zero-order valence-corrected chi connectivity index (χ0v) is 30.9. The summed E-state index contributed by atoms with van der Waals surface area (Å²) >= 11 is 0. The molecule has 0 bridgehead atoms. The summed E-state index contributed by atoms with van der Waals surface area (Å²) in [5.41, 5.74) is 18.3. The molecule has 9 aromatic carbocycles. The van der Waals surface area contributed by atoms with Gasteiger partial charge in [-0.15, -0.1) is 0 Å². The van der Waals surface area contributed by atoms with Crippen LogP contribution < -0.4 is 4.90 Å². The SMILES string of the molecule is c1ccc(-c2ccc3cc4c(cc3c2)-c2cc3cc(N(c5cc6c(cc5-c5ccccc5)CCCC6)c5cccc6c5oc5ccccc56)ccc3cc2-4)cc1. The van der Waals surface area contributed by atoms with E-state index in [-0.39, 0.29) is 0 Å². The van der Waals surface area contributed by atoms with E-state index in [9.17, 15) is 0 Å². The first-order chi connectivity index (χ1) is 27.7. The highest BCUT2D eigenvalue weighted by atomic mass is 16.3. The number of fused-ring (bicyclic) bond motifs is 10. The molecule has 0 saturated heterocycles.